The molecule has 0 atom stereocenters. The quantitative estimate of drug-likeness (QED) is 0.498. The molecule has 0 spiro atoms. The molecule has 0 aliphatic carbocycles. The molecule has 0 radical (unpaired) electrons. The summed E-state index contributed by atoms with van der Waals surface area (Å²) in [4.78, 5) is 14.0. The van der Waals surface area contributed by atoms with Crippen molar-refractivity contribution in [1.82, 2.24) is 0 Å². The molecule has 0 aromatic rings. The Morgan fingerprint density at radius 2 is 2.38 bits per heavy atom. The first kappa shape index (κ1) is 5.82. The number of hydrogen-bond donors (Lipinski definition) is 0. The molecule has 1 aliphatic rings. The number of carbonyl (C=O) groups excluding carboxylic acids is 1. The Hall–Kier alpha value is -0.310. The third-order valence-electron chi connectivity index (χ3n) is 0.831. The van der Waals surface area contributed by atoms with Gasteiger partial charge in [-0.25, -0.2) is 4.99 Å². The van der Waals surface area contributed by atoms with Crippen LogP contribution >= 0.6 is 11.8 Å². The molecular formula is C5H7NOS. The summed E-state index contributed by atoms with van der Waals surface area (Å²) in [7, 11) is 0. The van der Waals surface area contributed by atoms with Crippen molar-refractivity contribution in [3.8, 4) is 0 Å². The minimum absolute atomic E-state index is 0.0584. The molecule has 1 heterocycles. The summed E-state index contributed by atoms with van der Waals surface area (Å²) in [6, 6.07) is 0. The maximum atomic E-state index is 10.4. The van der Waals surface area contributed by atoms with Gasteiger partial charge in [0.15, 0.2) is 0 Å². The van der Waals surface area contributed by atoms with Crippen molar-refractivity contribution in [2.75, 3.05) is 0 Å². The zero-order valence-electron chi connectivity index (χ0n) is 4.84. The van der Waals surface area contributed by atoms with E-state index in [1.165, 1.54) is 11.8 Å². The van der Waals surface area contributed by atoms with Crippen molar-refractivity contribution >= 4 is 23.2 Å². The van der Waals surface area contributed by atoms with E-state index in [0.717, 1.165) is 0 Å². The zero-order valence-corrected chi connectivity index (χ0v) is 5.66. The Labute approximate surface area is 52.4 Å². The lowest BCUT2D eigenvalue weighted by Crippen LogP contribution is -2.11. The fraction of sp³-hybridized carbons (Fsp3) is 0.600. The number of nitrogens with zero attached hydrogens (tertiary/aromatic N) is 1. The molecule has 1 aliphatic heterocycles. The molecule has 3 heteroatoms. The Bertz CT molecular complexity index is 151. The Kier molecular flexibility index (Phi) is 1.15. The molecule has 0 bridgehead atoms. The predicted octanol–water partition coefficient (Wildman–Crippen LogP) is 1.70. The molecule has 0 saturated heterocycles. The second-order valence-electron chi connectivity index (χ2n) is 2.23. The minimum Gasteiger partial charge on any atom is -0.259 e. The molecule has 0 N–H and O–H groups in total. The van der Waals surface area contributed by atoms with E-state index in [1.807, 2.05) is 13.8 Å². The molecule has 8 heavy (non-hydrogen) atoms. The monoisotopic (exact) mass is 129 g/mol. The standard InChI is InChI=1S/C5H7NOS/c1-5(2)3-6-4(7)8-5/h3H,1-2H3. The van der Waals surface area contributed by atoms with Gasteiger partial charge in [-0.1, -0.05) is 11.8 Å². The molecule has 2 nitrogen and oxygen atoms in total. The lowest BCUT2D eigenvalue weighted by molar-refractivity contribution is 0.268. The van der Waals surface area contributed by atoms with Gasteiger partial charge in [-0.05, 0) is 13.8 Å². The van der Waals surface area contributed by atoms with Crippen molar-refractivity contribution in [3.05, 3.63) is 0 Å². The second-order valence-corrected chi connectivity index (χ2v) is 3.84. The molecule has 44 valence electrons. The van der Waals surface area contributed by atoms with Gasteiger partial charge in [-0.15, -0.1) is 0 Å². The lowest BCUT2D eigenvalue weighted by atomic mass is 10.2. The number of rotatable bonds is 0. The van der Waals surface area contributed by atoms with Gasteiger partial charge in [0.25, 0.3) is 0 Å². The molecule has 1 rings (SSSR count). The second kappa shape index (κ2) is 1.58. The molecular weight excluding hydrogens is 122 g/mol. The largest absolute Gasteiger partial charge is 0.305 e. The number of carbonyl (C=O) groups is 1. The normalized spacial score (nSPS) is 24.5. The van der Waals surface area contributed by atoms with Gasteiger partial charge in [0.05, 0.1) is 4.75 Å². The Morgan fingerprint density at radius 3 is 2.50 bits per heavy atom. The molecule has 0 unspecified atom stereocenters. The van der Waals surface area contributed by atoms with Gasteiger partial charge in [0.1, 0.15) is 0 Å². The zero-order chi connectivity index (χ0) is 6.20. The van der Waals surface area contributed by atoms with E-state index in [2.05, 4.69) is 4.99 Å². The van der Waals surface area contributed by atoms with Crippen molar-refractivity contribution in [3.63, 3.8) is 0 Å². The molecule has 0 saturated carbocycles. The van der Waals surface area contributed by atoms with Crippen LogP contribution in [0.15, 0.2) is 4.99 Å². The van der Waals surface area contributed by atoms with Gasteiger partial charge in [-0.2, -0.15) is 0 Å². The summed E-state index contributed by atoms with van der Waals surface area (Å²) >= 11 is 1.26. The van der Waals surface area contributed by atoms with Crippen LogP contribution in [0, 0.1) is 0 Å². The molecule has 0 fully saturated rings. The van der Waals surface area contributed by atoms with E-state index in [9.17, 15) is 4.79 Å². The number of hydrogen-bond acceptors (Lipinski definition) is 2. The van der Waals surface area contributed by atoms with Crippen molar-refractivity contribution in [2.45, 2.75) is 18.6 Å². The van der Waals surface area contributed by atoms with Crippen LogP contribution in [0.5, 0.6) is 0 Å². The third kappa shape index (κ3) is 1.10. The predicted molar refractivity (Wildman–Crippen MR) is 35.6 cm³/mol. The van der Waals surface area contributed by atoms with Gasteiger partial charge >= 0.3 is 5.24 Å². The summed E-state index contributed by atoms with van der Waals surface area (Å²) in [5, 5.41) is -0.0741. The number of aliphatic imine (C=N–C) groups is 1. The van der Waals surface area contributed by atoms with Crippen LogP contribution in [0.1, 0.15) is 13.8 Å². The van der Waals surface area contributed by atoms with Gasteiger partial charge in [0, 0.05) is 6.21 Å². The van der Waals surface area contributed by atoms with Crippen LogP contribution in [0.4, 0.5) is 4.79 Å². The maximum Gasteiger partial charge on any atom is 0.305 e. The highest BCUT2D eigenvalue weighted by molar-refractivity contribution is 8.15. The summed E-state index contributed by atoms with van der Waals surface area (Å²) in [5.74, 6) is 0. The van der Waals surface area contributed by atoms with Crippen LogP contribution < -0.4 is 0 Å². The van der Waals surface area contributed by atoms with Crippen LogP contribution in [0.25, 0.3) is 0 Å². The highest BCUT2D eigenvalue weighted by Gasteiger charge is 2.25. The average molecular weight is 129 g/mol. The van der Waals surface area contributed by atoms with Crippen molar-refractivity contribution < 1.29 is 4.79 Å². The van der Waals surface area contributed by atoms with E-state index < -0.39 is 0 Å². The van der Waals surface area contributed by atoms with E-state index in [0.29, 0.717) is 0 Å². The van der Waals surface area contributed by atoms with Crippen molar-refractivity contribution in [2.24, 2.45) is 4.99 Å². The summed E-state index contributed by atoms with van der Waals surface area (Å²) in [6.45, 7) is 3.93. The molecule has 1 amide bonds. The fourth-order valence-corrected chi connectivity index (χ4v) is 1.15. The summed E-state index contributed by atoms with van der Waals surface area (Å²) in [6.07, 6.45) is 1.68. The summed E-state index contributed by atoms with van der Waals surface area (Å²) in [5.41, 5.74) is 0. The van der Waals surface area contributed by atoms with Crippen molar-refractivity contribution in [1.29, 1.82) is 0 Å². The number of amides is 1. The molecule has 0 aromatic carbocycles. The highest BCUT2D eigenvalue weighted by Crippen LogP contribution is 2.28. The maximum absolute atomic E-state index is 10.4. The smallest absolute Gasteiger partial charge is 0.259 e. The minimum atomic E-state index is -0.0741. The van der Waals surface area contributed by atoms with E-state index in [1.54, 1.807) is 6.21 Å². The van der Waals surface area contributed by atoms with Crippen LogP contribution in [0.3, 0.4) is 0 Å². The Balaban J connectivity index is 2.72. The molecule has 0 aromatic heterocycles. The highest BCUT2D eigenvalue weighted by atomic mass is 32.2. The third-order valence-corrected chi connectivity index (χ3v) is 1.74. The first-order valence-electron chi connectivity index (χ1n) is 2.38. The first-order chi connectivity index (χ1) is 3.60. The van der Waals surface area contributed by atoms with E-state index in [-0.39, 0.29) is 9.99 Å². The average Bonchev–Trinajstić information content (AvgIpc) is 1.82. The SMILES string of the molecule is CC1(C)C=NC(=O)S1. The lowest BCUT2D eigenvalue weighted by Gasteiger charge is -2.06. The van der Waals surface area contributed by atoms with Crippen LogP contribution in [-0.4, -0.2) is 16.2 Å². The fourth-order valence-electron chi connectivity index (χ4n) is 0.486. The van der Waals surface area contributed by atoms with Crippen LogP contribution in [0.2, 0.25) is 0 Å². The van der Waals surface area contributed by atoms with E-state index >= 15 is 0 Å². The first-order valence-corrected chi connectivity index (χ1v) is 3.20. The van der Waals surface area contributed by atoms with E-state index in [4.69, 9.17) is 0 Å². The van der Waals surface area contributed by atoms with Gasteiger partial charge < -0.3 is 0 Å². The Morgan fingerprint density at radius 1 is 1.75 bits per heavy atom. The van der Waals surface area contributed by atoms with Crippen LogP contribution in [-0.2, 0) is 0 Å². The van der Waals surface area contributed by atoms with Gasteiger partial charge in [-0.3, -0.25) is 4.79 Å². The van der Waals surface area contributed by atoms with Gasteiger partial charge in [0.2, 0.25) is 0 Å². The topological polar surface area (TPSA) is 29.4 Å². The number of thioether (sulfide) groups is 1. The summed E-state index contributed by atoms with van der Waals surface area (Å²) < 4.78 is -0.0584.